The van der Waals surface area contributed by atoms with E-state index in [1.807, 2.05) is 6.07 Å². The smallest absolute Gasteiger partial charge is 0.207 e. The summed E-state index contributed by atoms with van der Waals surface area (Å²) in [5.41, 5.74) is 0.831. The Labute approximate surface area is 146 Å². The van der Waals surface area contributed by atoms with Crippen molar-refractivity contribution in [3.8, 4) is 0 Å². The number of hydrogen-bond donors (Lipinski definition) is 0. The zero-order chi connectivity index (χ0) is 15.6. The van der Waals surface area contributed by atoms with Gasteiger partial charge in [0.25, 0.3) is 0 Å². The van der Waals surface area contributed by atoms with Crippen LogP contribution >= 0.6 is 50.5 Å². The lowest BCUT2D eigenvalue weighted by Gasteiger charge is -2.17. The third-order valence-electron chi connectivity index (χ3n) is 2.82. The summed E-state index contributed by atoms with van der Waals surface area (Å²) in [7, 11) is -2.03. The highest BCUT2D eigenvalue weighted by Crippen LogP contribution is 2.34. The van der Waals surface area contributed by atoms with Crippen molar-refractivity contribution in [1.29, 1.82) is 0 Å². The van der Waals surface area contributed by atoms with Crippen LogP contribution in [0.5, 0.6) is 0 Å². The number of halogens is 3. The van der Waals surface area contributed by atoms with E-state index >= 15 is 0 Å². The normalized spacial score (nSPS) is 12.0. The second-order valence-corrected chi connectivity index (χ2v) is 9.55. The van der Waals surface area contributed by atoms with Gasteiger partial charge in [0.1, 0.15) is 4.90 Å². The van der Waals surface area contributed by atoms with Gasteiger partial charge in [0, 0.05) is 23.5 Å². The largest absolute Gasteiger partial charge is 0.245 e. The highest BCUT2D eigenvalue weighted by molar-refractivity contribution is 9.11. The van der Waals surface area contributed by atoms with Gasteiger partial charge in [-0.15, -0.1) is 22.9 Å². The molecule has 0 unspecified atom stereocenters. The maximum Gasteiger partial charge on any atom is 0.245 e. The van der Waals surface area contributed by atoms with E-state index in [0.717, 1.165) is 10.4 Å². The first-order valence-electron chi connectivity index (χ1n) is 5.89. The summed E-state index contributed by atoms with van der Waals surface area (Å²) < 4.78 is 27.1. The van der Waals surface area contributed by atoms with Crippen LogP contribution in [-0.4, -0.2) is 19.8 Å². The quantitative estimate of drug-likeness (QED) is 0.645. The third-order valence-corrected chi connectivity index (χ3v) is 7.56. The van der Waals surface area contributed by atoms with Crippen molar-refractivity contribution < 1.29 is 8.42 Å². The predicted molar refractivity (Wildman–Crippen MR) is 91.7 cm³/mol. The number of alkyl halides is 1. The first kappa shape index (κ1) is 17.2. The molecule has 0 aliphatic carbocycles. The van der Waals surface area contributed by atoms with Crippen LogP contribution in [-0.2, 0) is 22.4 Å². The lowest BCUT2D eigenvalue weighted by Crippen LogP contribution is -2.26. The van der Waals surface area contributed by atoms with Gasteiger partial charge in [0.05, 0.1) is 9.67 Å². The first-order chi connectivity index (χ1) is 9.84. The van der Waals surface area contributed by atoms with E-state index in [9.17, 15) is 8.42 Å². The van der Waals surface area contributed by atoms with Gasteiger partial charge in [-0.25, -0.2) is 8.42 Å². The number of thiophene rings is 1. The van der Waals surface area contributed by atoms with Crippen molar-refractivity contribution in [3.05, 3.63) is 49.6 Å². The zero-order valence-corrected chi connectivity index (χ0v) is 15.7. The average molecular weight is 429 g/mol. The highest BCUT2D eigenvalue weighted by Gasteiger charge is 2.25. The molecule has 114 valence electrons. The maximum atomic E-state index is 12.6. The van der Waals surface area contributed by atoms with E-state index < -0.39 is 10.0 Å². The van der Waals surface area contributed by atoms with Gasteiger partial charge in [-0.1, -0.05) is 23.7 Å². The Kier molecular flexibility index (Phi) is 5.73. The molecular weight excluding hydrogens is 417 g/mol. The Hall–Kier alpha value is -0.110. The number of benzene rings is 1. The molecule has 0 aliphatic heterocycles. The van der Waals surface area contributed by atoms with Gasteiger partial charge in [0.2, 0.25) is 10.0 Å². The van der Waals surface area contributed by atoms with Crippen LogP contribution in [0.3, 0.4) is 0 Å². The summed E-state index contributed by atoms with van der Waals surface area (Å²) in [6, 6.07) is 8.74. The van der Waals surface area contributed by atoms with Crippen LogP contribution < -0.4 is 0 Å². The minimum Gasteiger partial charge on any atom is -0.207 e. The van der Waals surface area contributed by atoms with Crippen LogP contribution in [0, 0.1) is 0 Å². The molecule has 0 saturated carbocycles. The second kappa shape index (κ2) is 6.98. The van der Waals surface area contributed by atoms with E-state index in [2.05, 4.69) is 15.9 Å². The molecule has 1 aromatic carbocycles. The van der Waals surface area contributed by atoms with Crippen molar-refractivity contribution in [2.75, 3.05) is 7.05 Å². The summed E-state index contributed by atoms with van der Waals surface area (Å²) >= 11 is 16.3. The van der Waals surface area contributed by atoms with Crippen molar-refractivity contribution in [2.45, 2.75) is 17.3 Å². The molecule has 0 bridgehead atoms. The molecule has 21 heavy (non-hydrogen) atoms. The molecule has 2 rings (SSSR count). The highest BCUT2D eigenvalue weighted by atomic mass is 79.9. The molecule has 1 heterocycles. The SMILES string of the molecule is CN(Cc1cccc(Cl)c1)S(=O)(=O)c1cc(CCl)sc1Br. The molecule has 3 nitrogen and oxygen atoms in total. The molecule has 8 heteroatoms. The summed E-state index contributed by atoms with van der Waals surface area (Å²) in [5.74, 6) is 0.288. The fraction of sp³-hybridized carbons (Fsp3) is 0.231. The van der Waals surface area contributed by atoms with E-state index in [4.69, 9.17) is 23.2 Å². The molecule has 0 atom stereocenters. The lowest BCUT2D eigenvalue weighted by molar-refractivity contribution is 0.466. The van der Waals surface area contributed by atoms with Crippen molar-refractivity contribution in [1.82, 2.24) is 4.31 Å². The van der Waals surface area contributed by atoms with E-state index in [1.165, 1.54) is 15.6 Å². The second-order valence-electron chi connectivity index (χ2n) is 4.38. The summed E-state index contributed by atoms with van der Waals surface area (Å²) in [6.07, 6.45) is 0. The van der Waals surface area contributed by atoms with Crippen LogP contribution in [0.2, 0.25) is 5.02 Å². The maximum absolute atomic E-state index is 12.6. The van der Waals surface area contributed by atoms with Crippen molar-refractivity contribution in [2.24, 2.45) is 0 Å². The minimum absolute atomic E-state index is 0.243. The number of rotatable bonds is 5. The molecule has 2 aromatic rings. The zero-order valence-electron chi connectivity index (χ0n) is 11.0. The third kappa shape index (κ3) is 4.00. The summed E-state index contributed by atoms with van der Waals surface area (Å²) in [5, 5.41) is 0.583. The van der Waals surface area contributed by atoms with Crippen molar-refractivity contribution in [3.63, 3.8) is 0 Å². The Morgan fingerprint density at radius 2 is 2.05 bits per heavy atom. The van der Waals surface area contributed by atoms with Gasteiger partial charge in [-0.2, -0.15) is 4.31 Å². The van der Waals surface area contributed by atoms with Gasteiger partial charge in [-0.05, 0) is 39.7 Å². The molecule has 0 amide bonds. The molecule has 0 fully saturated rings. The Morgan fingerprint density at radius 3 is 2.62 bits per heavy atom. The van der Waals surface area contributed by atoms with Gasteiger partial charge in [0.15, 0.2) is 0 Å². The van der Waals surface area contributed by atoms with Gasteiger partial charge < -0.3 is 0 Å². The Morgan fingerprint density at radius 1 is 1.33 bits per heavy atom. The van der Waals surface area contributed by atoms with Crippen LogP contribution in [0.15, 0.2) is 39.0 Å². The topological polar surface area (TPSA) is 37.4 Å². The molecule has 0 radical (unpaired) electrons. The molecular formula is C13H12BrCl2NO2S2. The average Bonchev–Trinajstić information content (AvgIpc) is 2.80. The monoisotopic (exact) mass is 427 g/mol. The van der Waals surface area contributed by atoms with E-state index in [0.29, 0.717) is 8.81 Å². The Balaban J connectivity index is 2.28. The van der Waals surface area contributed by atoms with Gasteiger partial charge in [-0.3, -0.25) is 0 Å². The standard InChI is InChI=1S/C13H12BrCl2NO2S2/c1-17(8-9-3-2-4-10(16)5-9)21(18,19)12-6-11(7-15)20-13(12)14/h2-6H,7-8H2,1H3. The fourth-order valence-corrected chi connectivity index (χ4v) is 5.88. The van der Waals surface area contributed by atoms with Crippen LogP contribution in [0.1, 0.15) is 10.4 Å². The minimum atomic E-state index is -3.57. The number of sulfonamides is 1. The lowest BCUT2D eigenvalue weighted by atomic mass is 10.2. The van der Waals surface area contributed by atoms with Crippen LogP contribution in [0.25, 0.3) is 0 Å². The Bertz CT molecular complexity index is 746. The number of nitrogens with zero attached hydrogens (tertiary/aromatic N) is 1. The first-order valence-corrected chi connectivity index (χ1v) is 9.85. The van der Waals surface area contributed by atoms with E-state index in [1.54, 1.807) is 31.3 Å². The van der Waals surface area contributed by atoms with Crippen molar-refractivity contribution >= 4 is 60.5 Å². The predicted octanol–water partition coefficient (Wildman–Crippen LogP) is 4.72. The summed E-state index contributed by atoms with van der Waals surface area (Å²) in [6.45, 7) is 0.251. The molecule has 0 aliphatic rings. The molecule has 0 N–H and O–H groups in total. The number of hydrogen-bond acceptors (Lipinski definition) is 3. The molecule has 0 saturated heterocycles. The van der Waals surface area contributed by atoms with Gasteiger partial charge >= 0.3 is 0 Å². The summed E-state index contributed by atoms with van der Waals surface area (Å²) in [4.78, 5) is 1.05. The van der Waals surface area contributed by atoms with Crippen LogP contribution in [0.4, 0.5) is 0 Å². The van der Waals surface area contributed by atoms with E-state index in [-0.39, 0.29) is 17.3 Å². The molecule has 0 spiro atoms. The fourth-order valence-electron chi connectivity index (χ4n) is 1.78. The molecule has 1 aromatic heterocycles.